The molecule has 4 nitrogen and oxygen atoms in total. The summed E-state index contributed by atoms with van der Waals surface area (Å²) in [5, 5.41) is 7.96. The third-order valence-corrected chi connectivity index (χ3v) is 9.01. The summed E-state index contributed by atoms with van der Waals surface area (Å²) in [6.07, 6.45) is 1.93. The first kappa shape index (κ1) is 24.0. The van der Waals surface area contributed by atoms with Gasteiger partial charge < -0.3 is 4.74 Å². The summed E-state index contributed by atoms with van der Waals surface area (Å²) in [5.74, 6) is 5.42. The lowest BCUT2D eigenvalue weighted by Crippen LogP contribution is -2.30. The monoisotopic (exact) mass is 528 g/mol. The van der Waals surface area contributed by atoms with Crippen molar-refractivity contribution in [3.05, 3.63) is 119 Å². The molecule has 1 fully saturated rings. The molecule has 6 aromatic rings. The molecule has 39 heavy (non-hydrogen) atoms. The summed E-state index contributed by atoms with van der Waals surface area (Å²) in [6.45, 7) is 0.627. The summed E-state index contributed by atoms with van der Waals surface area (Å²) in [6, 6.07) is 34.0. The number of rotatable bonds is 4. The van der Waals surface area contributed by atoms with Crippen LogP contribution in [0.3, 0.4) is 0 Å². The summed E-state index contributed by atoms with van der Waals surface area (Å²) >= 11 is 1.78. The van der Waals surface area contributed by atoms with E-state index in [0.29, 0.717) is 12.2 Å². The minimum Gasteiger partial charge on any atom is -0.373 e. The van der Waals surface area contributed by atoms with Crippen molar-refractivity contribution in [3.8, 4) is 11.1 Å². The Kier molecular flexibility index (Phi) is 6.12. The lowest BCUT2D eigenvalue weighted by molar-refractivity contribution is 0.00382. The zero-order chi connectivity index (χ0) is 26.3. The molecular weight excluding hydrogens is 500 g/mol. The van der Waals surface area contributed by atoms with Gasteiger partial charge in [-0.3, -0.25) is 10.2 Å². The molecule has 0 saturated carbocycles. The second-order valence-corrected chi connectivity index (χ2v) is 11.2. The number of nitrogen functional groups attached to an aromatic ring is 1. The van der Waals surface area contributed by atoms with Crippen LogP contribution in [0.4, 0.5) is 0 Å². The first-order valence-electron chi connectivity index (χ1n) is 13.4. The number of carbonyl (C=O) groups excluding carboxylic acids is 1. The van der Waals surface area contributed by atoms with Crippen LogP contribution in [-0.2, 0) is 4.74 Å². The molecule has 1 aliphatic rings. The summed E-state index contributed by atoms with van der Waals surface area (Å²) in [7, 11) is 0. The van der Waals surface area contributed by atoms with E-state index in [2.05, 4.69) is 83.6 Å². The van der Waals surface area contributed by atoms with Crippen LogP contribution in [0, 0.1) is 0 Å². The minimum absolute atomic E-state index is 0.00444. The van der Waals surface area contributed by atoms with Crippen LogP contribution in [0.2, 0.25) is 0 Å². The lowest BCUT2D eigenvalue weighted by Gasteiger charge is -2.32. The molecule has 2 atom stereocenters. The zero-order valence-corrected chi connectivity index (χ0v) is 22.2. The molecule has 5 heteroatoms. The number of benzene rings is 5. The molecule has 0 radical (unpaired) electrons. The van der Waals surface area contributed by atoms with E-state index in [4.69, 9.17) is 10.6 Å². The molecule has 192 valence electrons. The number of nitrogens with one attached hydrogen (secondary N) is 1. The largest absolute Gasteiger partial charge is 0.373 e. The highest BCUT2D eigenvalue weighted by molar-refractivity contribution is 7.17. The Morgan fingerprint density at radius 1 is 0.769 bits per heavy atom. The Labute approximate surface area is 231 Å². The number of hydrogen-bond acceptors (Lipinski definition) is 4. The second kappa shape index (κ2) is 9.93. The molecule has 3 N–H and O–H groups in total. The molecule has 0 bridgehead atoms. The van der Waals surface area contributed by atoms with Gasteiger partial charge in [-0.1, -0.05) is 78.9 Å². The summed E-state index contributed by atoms with van der Waals surface area (Å²) in [4.78, 5) is 12.4. The van der Waals surface area contributed by atoms with E-state index < -0.39 is 0 Å². The highest BCUT2D eigenvalue weighted by Crippen LogP contribution is 2.45. The molecule has 7 rings (SSSR count). The normalized spacial score (nSPS) is 17.6. The molecule has 0 aliphatic carbocycles. The van der Waals surface area contributed by atoms with Gasteiger partial charge in [0.1, 0.15) is 0 Å². The number of hydrazine groups is 1. The zero-order valence-electron chi connectivity index (χ0n) is 21.4. The Hall–Kier alpha value is -4.03. The van der Waals surface area contributed by atoms with E-state index in [1.165, 1.54) is 43.1 Å². The van der Waals surface area contributed by atoms with Crippen molar-refractivity contribution in [2.75, 3.05) is 6.61 Å². The average molecular weight is 529 g/mol. The van der Waals surface area contributed by atoms with Gasteiger partial charge in [0.2, 0.25) is 0 Å². The number of fused-ring (bicyclic) bond motifs is 3. The molecule has 5 aromatic carbocycles. The van der Waals surface area contributed by atoms with Gasteiger partial charge in [0.15, 0.2) is 0 Å². The first-order valence-corrected chi connectivity index (χ1v) is 14.2. The van der Waals surface area contributed by atoms with Gasteiger partial charge in [0.05, 0.1) is 12.7 Å². The number of nitrogens with two attached hydrogens (primary N) is 1. The Morgan fingerprint density at radius 3 is 2.41 bits per heavy atom. The number of thiophene rings is 1. The topological polar surface area (TPSA) is 64.3 Å². The van der Waals surface area contributed by atoms with Crippen molar-refractivity contribution in [1.82, 2.24) is 5.43 Å². The van der Waals surface area contributed by atoms with Crippen molar-refractivity contribution in [2.45, 2.75) is 24.9 Å². The summed E-state index contributed by atoms with van der Waals surface area (Å²) in [5.41, 5.74) is 7.89. The van der Waals surface area contributed by atoms with Gasteiger partial charge in [-0.25, -0.2) is 5.84 Å². The Balaban J connectivity index is 1.27. The number of amides is 1. The van der Waals surface area contributed by atoms with Gasteiger partial charge >= 0.3 is 0 Å². The van der Waals surface area contributed by atoms with Crippen LogP contribution in [-0.4, -0.2) is 12.5 Å². The highest BCUT2D eigenvalue weighted by atomic mass is 32.1. The second-order valence-electron chi connectivity index (χ2n) is 10.2. The third-order valence-electron chi connectivity index (χ3n) is 8.13. The van der Waals surface area contributed by atoms with Gasteiger partial charge in [-0.05, 0) is 80.2 Å². The fourth-order valence-corrected chi connectivity index (χ4v) is 7.10. The van der Waals surface area contributed by atoms with Gasteiger partial charge in [-0.2, -0.15) is 0 Å². The van der Waals surface area contributed by atoms with Crippen molar-refractivity contribution in [2.24, 2.45) is 5.84 Å². The fourth-order valence-electron chi connectivity index (χ4n) is 6.28. The van der Waals surface area contributed by atoms with E-state index in [9.17, 15) is 4.79 Å². The average Bonchev–Trinajstić information content (AvgIpc) is 3.49. The smallest absolute Gasteiger partial charge is 0.265 e. The van der Waals surface area contributed by atoms with Crippen LogP contribution in [0.5, 0.6) is 0 Å². The number of carbonyl (C=O) groups is 1. The number of ether oxygens (including phenoxy) is 1. The molecular formula is C34H28N2O2S. The standard InChI is InChI=1S/C34H28N2O2S/c35-36-34(37)30-16-15-23(25-8-3-4-9-26(25)30)22-13-17-31(38-20-22)33-24-7-2-1-6-21(24)12-14-29(33)27-10-5-11-32-28(27)18-19-39-32/h1-12,14-16,18-19,22,31H,13,17,20,35H2,(H,36,37). The molecule has 0 spiro atoms. The van der Waals surface area contributed by atoms with Gasteiger partial charge in [0.25, 0.3) is 5.91 Å². The van der Waals surface area contributed by atoms with Crippen LogP contribution in [0.25, 0.3) is 42.8 Å². The number of hydrogen-bond donors (Lipinski definition) is 2. The molecule has 1 aromatic heterocycles. The van der Waals surface area contributed by atoms with Crippen molar-refractivity contribution >= 4 is 48.9 Å². The maximum Gasteiger partial charge on any atom is 0.265 e. The molecule has 1 saturated heterocycles. The highest BCUT2D eigenvalue weighted by Gasteiger charge is 2.29. The Bertz CT molecular complexity index is 1850. The summed E-state index contributed by atoms with van der Waals surface area (Å²) < 4.78 is 8.05. The van der Waals surface area contributed by atoms with E-state index >= 15 is 0 Å². The maximum absolute atomic E-state index is 12.4. The molecule has 2 heterocycles. The van der Waals surface area contributed by atoms with E-state index in [1.807, 2.05) is 24.3 Å². The Morgan fingerprint density at radius 2 is 1.59 bits per heavy atom. The predicted molar refractivity (Wildman–Crippen MR) is 161 cm³/mol. The SMILES string of the molecule is NNC(=O)c1ccc(C2CCC(c3c(-c4cccc5sccc45)ccc4ccccc34)OC2)c2ccccc12. The molecule has 1 amide bonds. The van der Waals surface area contributed by atoms with E-state index in [-0.39, 0.29) is 17.9 Å². The van der Waals surface area contributed by atoms with Crippen LogP contribution < -0.4 is 11.3 Å². The van der Waals surface area contributed by atoms with Crippen molar-refractivity contribution in [3.63, 3.8) is 0 Å². The lowest BCUT2D eigenvalue weighted by atomic mass is 9.83. The van der Waals surface area contributed by atoms with Crippen molar-refractivity contribution in [1.29, 1.82) is 0 Å². The fraction of sp³-hybridized carbons (Fsp3) is 0.147. The van der Waals surface area contributed by atoms with E-state index in [0.717, 1.165) is 23.6 Å². The van der Waals surface area contributed by atoms with Crippen LogP contribution in [0.15, 0.2) is 102 Å². The maximum atomic E-state index is 12.4. The predicted octanol–water partition coefficient (Wildman–Crippen LogP) is 8.11. The van der Waals surface area contributed by atoms with Crippen LogP contribution in [0.1, 0.15) is 46.3 Å². The van der Waals surface area contributed by atoms with Crippen LogP contribution >= 0.6 is 11.3 Å². The van der Waals surface area contributed by atoms with Crippen molar-refractivity contribution < 1.29 is 9.53 Å². The molecule has 2 unspecified atom stereocenters. The first-order chi connectivity index (χ1) is 19.2. The van der Waals surface area contributed by atoms with Gasteiger partial charge in [0, 0.05) is 21.6 Å². The minimum atomic E-state index is -0.276. The van der Waals surface area contributed by atoms with Gasteiger partial charge in [-0.15, -0.1) is 11.3 Å². The van der Waals surface area contributed by atoms with E-state index in [1.54, 1.807) is 11.3 Å². The quantitative estimate of drug-likeness (QED) is 0.138. The third kappa shape index (κ3) is 4.10. The molecule has 1 aliphatic heterocycles.